The number of hydrazine groups is 1. The van der Waals surface area contributed by atoms with Crippen LogP contribution in [0.3, 0.4) is 0 Å². The Morgan fingerprint density at radius 2 is 2.13 bits per heavy atom. The third-order valence-corrected chi connectivity index (χ3v) is 6.19. The van der Waals surface area contributed by atoms with Gasteiger partial charge in [0.1, 0.15) is 17.5 Å². The molecule has 3 aliphatic rings. The van der Waals surface area contributed by atoms with Crippen molar-refractivity contribution >= 4 is 11.5 Å². The first-order valence-corrected chi connectivity index (χ1v) is 10.4. The van der Waals surface area contributed by atoms with Crippen molar-refractivity contribution in [2.24, 2.45) is 5.92 Å². The molecule has 31 heavy (non-hydrogen) atoms. The molecule has 0 fully saturated rings. The molecule has 1 aromatic rings. The first-order chi connectivity index (χ1) is 14.8. The number of nitriles is 1. The fourth-order valence-electron chi connectivity index (χ4n) is 4.41. The summed E-state index contributed by atoms with van der Waals surface area (Å²) in [4.78, 5) is 15.0. The summed E-state index contributed by atoms with van der Waals surface area (Å²) in [6.45, 7) is 4.05. The van der Waals surface area contributed by atoms with E-state index in [9.17, 15) is 13.6 Å². The Morgan fingerprint density at radius 3 is 2.77 bits per heavy atom. The number of amides is 1. The molecule has 0 aromatic heterocycles. The molecule has 2 heterocycles. The molecule has 1 aliphatic carbocycles. The van der Waals surface area contributed by atoms with E-state index in [0.717, 1.165) is 36.7 Å². The number of nitrogens with one attached hydrogen (secondary N) is 2. The predicted molar refractivity (Wildman–Crippen MR) is 112 cm³/mol. The third kappa shape index (κ3) is 3.70. The zero-order valence-electron chi connectivity index (χ0n) is 17.8. The maximum absolute atomic E-state index is 14.6. The van der Waals surface area contributed by atoms with Crippen molar-refractivity contribution in [3.8, 4) is 6.07 Å². The highest BCUT2D eigenvalue weighted by Crippen LogP contribution is 2.38. The first-order valence-electron chi connectivity index (χ1n) is 10.4. The summed E-state index contributed by atoms with van der Waals surface area (Å²) in [7, 11) is 1.84. The zero-order chi connectivity index (χ0) is 22.3. The van der Waals surface area contributed by atoms with Gasteiger partial charge < -0.3 is 10.2 Å². The van der Waals surface area contributed by atoms with Gasteiger partial charge in [-0.1, -0.05) is 6.08 Å². The Labute approximate surface area is 180 Å². The fourth-order valence-corrected chi connectivity index (χ4v) is 4.41. The van der Waals surface area contributed by atoms with Gasteiger partial charge in [-0.25, -0.2) is 19.2 Å². The molecule has 0 saturated carbocycles. The van der Waals surface area contributed by atoms with Gasteiger partial charge in [0.15, 0.2) is 0 Å². The molecule has 6 nitrogen and oxygen atoms in total. The molecule has 162 valence electrons. The van der Waals surface area contributed by atoms with Crippen LogP contribution in [0.5, 0.6) is 0 Å². The van der Waals surface area contributed by atoms with Crippen LogP contribution in [0.1, 0.15) is 38.7 Å². The van der Waals surface area contributed by atoms with Crippen molar-refractivity contribution in [1.82, 2.24) is 20.7 Å². The second-order valence-electron chi connectivity index (χ2n) is 8.17. The second-order valence-corrected chi connectivity index (χ2v) is 8.17. The van der Waals surface area contributed by atoms with E-state index in [4.69, 9.17) is 5.26 Å². The Morgan fingerprint density at radius 1 is 1.35 bits per heavy atom. The first kappa shape index (κ1) is 21.1. The van der Waals surface area contributed by atoms with Crippen molar-refractivity contribution in [2.75, 3.05) is 13.6 Å². The molecule has 0 bridgehead atoms. The van der Waals surface area contributed by atoms with E-state index in [-0.39, 0.29) is 23.4 Å². The third-order valence-electron chi connectivity index (χ3n) is 6.19. The van der Waals surface area contributed by atoms with Gasteiger partial charge in [0, 0.05) is 41.2 Å². The van der Waals surface area contributed by atoms with E-state index in [0.29, 0.717) is 23.5 Å². The smallest absolute Gasteiger partial charge is 0.271 e. The molecule has 1 aromatic carbocycles. The van der Waals surface area contributed by atoms with Crippen molar-refractivity contribution in [2.45, 2.75) is 39.2 Å². The number of hydrogen-bond donors (Lipinski definition) is 2. The number of carbonyl (C=O) groups is 1. The lowest BCUT2D eigenvalue weighted by Gasteiger charge is -2.37. The molecule has 1 amide bonds. The molecule has 2 atom stereocenters. The van der Waals surface area contributed by atoms with Gasteiger partial charge in [0.2, 0.25) is 0 Å². The van der Waals surface area contributed by atoms with Crippen molar-refractivity contribution in [3.05, 3.63) is 64.3 Å². The summed E-state index contributed by atoms with van der Waals surface area (Å²) in [5.41, 5.74) is 6.41. The highest BCUT2D eigenvalue weighted by Gasteiger charge is 2.41. The summed E-state index contributed by atoms with van der Waals surface area (Å²) in [6.07, 6.45) is 4.38. The predicted octanol–water partition coefficient (Wildman–Crippen LogP) is 3.39. The molecule has 0 spiro atoms. The van der Waals surface area contributed by atoms with Crippen LogP contribution in [-0.2, 0) is 4.79 Å². The highest BCUT2D eigenvalue weighted by atomic mass is 19.1. The Balaban J connectivity index is 1.66. The van der Waals surface area contributed by atoms with Gasteiger partial charge in [0.05, 0.1) is 24.6 Å². The lowest BCUT2D eigenvalue weighted by atomic mass is 9.94. The van der Waals surface area contributed by atoms with Crippen molar-refractivity contribution in [1.29, 1.82) is 5.26 Å². The lowest BCUT2D eigenvalue weighted by Crippen LogP contribution is -2.49. The summed E-state index contributed by atoms with van der Waals surface area (Å²) >= 11 is 0. The Hall–Kier alpha value is -3.18. The largest absolute Gasteiger partial charge is 0.383 e. The molecule has 2 aliphatic heterocycles. The molecule has 2 N–H and O–H groups in total. The minimum Gasteiger partial charge on any atom is -0.383 e. The number of likely N-dealkylation sites (N-methyl/N-ethyl adjacent to an activating group) is 1. The van der Waals surface area contributed by atoms with Crippen LogP contribution in [0.25, 0.3) is 5.57 Å². The number of fused-ring (bicyclic) bond motifs is 1. The number of carbonyl (C=O) groups excluding carboxylic acids is 1. The van der Waals surface area contributed by atoms with E-state index in [2.05, 4.69) is 16.8 Å². The van der Waals surface area contributed by atoms with Gasteiger partial charge in [-0.15, -0.1) is 0 Å². The van der Waals surface area contributed by atoms with Gasteiger partial charge in [-0.3, -0.25) is 4.79 Å². The van der Waals surface area contributed by atoms with Crippen LogP contribution in [0.4, 0.5) is 8.78 Å². The van der Waals surface area contributed by atoms with Gasteiger partial charge >= 0.3 is 0 Å². The minimum absolute atomic E-state index is 0.0587. The summed E-state index contributed by atoms with van der Waals surface area (Å²) in [5.74, 6) is -0.896. The van der Waals surface area contributed by atoms with E-state index < -0.39 is 11.6 Å². The van der Waals surface area contributed by atoms with Crippen LogP contribution in [-0.4, -0.2) is 35.5 Å². The molecule has 4 rings (SSSR count). The summed E-state index contributed by atoms with van der Waals surface area (Å²) in [5, 5.41) is 13.9. The number of benzene rings is 1. The minimum atomic E-state index is -0.663. The molecule has 8 heteroatoms. The van der Waals surface area contributed by atoms with Crippen LogP contribution >= 0.6 is 0 Å². The normalized spacial score (nSPS) is 23.7. The van der Waals surface area contributed by atoms with E-state index in [1.165, 1.54) is 17.1 Å². The molecular formula is C23H25F2N5O. The summed E-state index contributed by atoms with van der Waals surface area (Å²) < 4.78 is 28.1. The monoisotopic (exact) mass is 425 g/mol. The Kier molecular flexibility index (Phi) is 5.54. The standard InChI is InChI=1S/C23H25F2N5O/c1-13-20(12-27-17-7-4-15(11-26)5-8-17)29(3)22-21(14(2)28-30(22)23(13)31)18-9-6-16(24)10-19(18)25/h6-7,9-10,14-15,27-28H,4-5,8,12H2,1-3H3. The van der Waals surface area contributed by atoms with Crippen molar-refractivity contribution < 1.29 is 13.6 Å². The van der Waals surface area contributed by atoms with Crippen LogP contribution in [0, 0.1) is 28.9 Å². The Bertz CT molecular complexity index is 1070. The maximum Gasteiger partial charge on any atom is 0.271 e. The van der Waals surface area contributed by atoms with E-state index >= 15 is 0 Å². The van der Waals surface area contributed by atoms with Gasteiger partial charge in [0.25, 0.3) is 5.91 Å². The van der Waals surface area contributed by atoms with Gasteiger partial charge in [-0.05, 0) is 45.2 Å². The maximum atomic E-state index is 14.6. The quantitative estimate of drug-likeness (QED) is 0.774. The average molecular weight is 425 g/mol. The second kappa shape index (κ2) is 8.16. The van der Waals surface area contributed by atoms with Crippen molar-refractivity contribution in [3.63, 3.8) is 0 Å². The lowest BCUT2D eigenvalue weighted by molar-refractivity contribution is -0.129. The summed E-state index contributed by atoms with van der Waals surface area (Å²) in [6, 6.07) is 5.46. The average Bonchev–Trinajstić information content (AvgIpc) is 3.10. The molecule has 2 unspecified atom stereocenters. The number of rotatable bonds is 4. The molecular weight excluding hydrogens is 400 g/mol. The fraction of sp³-hybridized carbons (Fsp3) is 0.391. The highest BCUT2D eigenvalue weighted by molar-refractivity contribution is 5.98. The number of hydrogen-bond acceptors (Lipinski definition) is 5. The zero-order valence-corrected chi connectivity index (χ0v) is 17.8. The van der Waals surface area contributed by atoms with E-state index in [1.54, 1.807) is 6.92 Å². The number of nitrogens with zero attached hydrogens (tertiary/aromatic N) is 3. The SMILES string of the molecule is CC1=C(CNC2=CCC(C#N)CC2)N(C)C2=C(c3ccc(F)cc3F)C(C)NN2C1=O. The number of halogens is 2. The molecule has 0 saturated heterocycles. The van der Waals surface area contributed by atoms with Gasteiger partial charge in [-0.2, -0.15) is 5.26 Å². The molecule has 0 radical (unpaired) electrons. The van der Waals surface area contributed by atoms with E-state index in [1.807, 2.05) is 24.9 Å². The number of allylic oxidation sites excluding steroid dienone is 2. The van der Waals surface area contributed by atoms with Crippen LogP contribution in [0.2, 0.25) is 0 Å². The topological polar surface area (TPSA) is 71.4 Å². The van der Waals surface area contributed by atoms with Crippen LogP contribution in [0.15, 0.2) is 47.1 Å². The van der Waals surface area contributed by atoms with Crippen LogP contribution < -0.4 is 10.7 Å².